The third kappa shape index (κ3) is 1.86. The number of aliphatic hydroxyl groups is 1. The summed E-state index contributed by atoms with van der Waals surface area (Å²) >= 11 is 0. The Morgan fingerprint density at radius 1 is 1.07 bits per heavy atom. The van der Waals surface area contributed by atoms with Gasteiger partial charge in [0.05, 0.1) is 0 Å². The van der Waals surface area contributed by atoms with Crippen molar-refractivity contribution >= 4 is 0 Å². The van der Waals surface area contributed by atoms with Crippen LogP contribution in [0.5, 0.6) is 0 Å². The summed E-state index contributed by atoms with van der Waals surface area (Å²) in [5.74, 6) is 0. The van der Waals surface area contributed by atoms with Crippen LogP contribution < -0.4 is 0 Å². The molecular weight excluding hydrogens is 174 g/mol. The summed E-state index contributed by atoms with van der Waals surface area (Å²) in [6, 6.07) is 12.2. The number of nitrogens with zero attached hydrogens (tertiary/aromatic N) is 1. The number of hydrogen-bond acceptors (Lipinski definition) is 1. The highest BCUT2D eigenvalue weighted by atomic mass is 16.2. The van der Waals surface area contributed by atoms with E-state index in [-0.39, 0.29) is 6.61 Å². The number of benzene rings is 1. The lowest BCUT2D eigenvalue weighted by molar-refractivity contribution is 0.299. The van der Waals surface area contributed by atoms with Crippen LogP contribution in [0.2, 0.25) is 0 Å². The van der Waals surface area contributed by atoms with Gasteiger partial charge in [0, 0.05) is 24.7 Å². The second-order valence-electron chi connectivity index (χ2n) is 3.23. The van der Waals surface area contributed by atoms with E-state index in [1.165, 1.54) is 5.56 Å². The molecule has 0 spiro atoms. The van der Waals surface area contributed by atoms with Crippen molar-refractivity contribution in [3.8, 4) is 5.69 Å². The van der Waals surface area contributed by atoms with Gasteiger partial charge in [0.2, 0.25) is 0 Å². The summed E-state index contributed by atoms with van der Waals surface area (Å²) < 4.78 is 2.06. The van der Waals surface area contributed by atoms with E-state index in [0.717, 1.165) is 12.1 Å². The number of aliphatic hydroxyl groups excluding tert-OH is 1. The van der Waals surface area contributed by atoms with E-state index in [1.807, 2.05) is 36.7 Å². The number of aromatic nitrogens is 1. The van der Waals surface area contributed by atoms with Crippen LogP contribution in [-0.2, 0) is 6.42 Å². The molecule has 0 amide bonds. The van der Waals surface area contributed by atoms with Crippen molar-refractivity contribution in [1.29, 1.82) is 0 Å². The van der Waals surface area contributed by atoms with Crippen LogP contribution in [0.25, 0.3) is 5.69 Å². The molecule has 1 aromatic heterocycles. The zero-order chi connectivity index (χ0) is 9.80. The minimum Gasteiger partial charge on any atom is -0.396 e. The van der Waals surface area contributed by atoms with Gasteiger partial charge >= 0.3 is 0 Å². The molecule has 0 saturated heterocycles. The van der Waals surface area contributed by atoms with E-state index in [4.69, 9.17) is 5.11 Å². The van der Waals surface area contributed by atoms with E-state index in [0.29, 0.717) is 0 Å². The van der Waals surface area contributed by atoms with Crippen molar-refractivity contribution in [2.75, 3.05) is 6.61 Å². The molecular formula is C12H13NO. The summed E-state index contributed by atoms with van der Waals surface area (Å²) in [5, 5.41) is 8.83. The summed E-state index contributed by atoms with van der Waals surface area (Å²) in [7, 11) is 0. The van der Waals surface area contributed by atoms with Gasteiger partial charge in [-0.25, -0.2) is 0 Å². The van der Waals surface area contributed by atoms with Crippen LogP contribution in [0.4, 0.5) is 0 Å². The third-order valence-electron chi connectivity index (χ3n) is 2.21. The lowest BCUT2D eigenvalue weighted by Gasteiger charge is -2.04. The number of hydrogen-bond donors (Lipinski definition) is 1. The molecule has 2 rings (SSSR count). The fourth-order valence-corrected chi connectivity index (χ4v) is 1.51. The molecule has 0 atom stereocenters. The molecule has 0 radical (unpaired) electrons. The van der Waals surface area contributed by atoms with Gasteiger partial charge < -0.3 is 9.67 Å². The maximum absolute atomic E-state index is 8.83. The van der Waals surface area contributed by atoms with E-state index >= 15 is 0 Å². The Balaban J connectivity index is 2.31. The van der Waals surface area contributed by atoms with Crippen molar-refractivity contribution in [2.45, 2.75) is 6.42 Å². The Morgan fingerprint density at radius 3 is 2.57 bits per heavy atom. The average molecular weight is 187 g/mol. The first-order chi connectivity index (χ1) is 6.90. The Kier molecular flexibility index (Phi) is 2.65. The Bertz CT molecular complexity index is 392. The Hall–Kier alpha value is -1.54. The molecule has 2 heteroatoms. The molecule has 14 heavy (non-hydrogen) atoms. The summed E-state index contributed by atoms with van der Waals surface area (Å²) in [4.78, 5) is 0. The highest BCUT2D eigenvalue weighted by molar-refractivity contribution is 5.36. The fourth-order valence-electron chi connectivity index (χ4n) is 1.51. The average Bonchev–Trinajstić information content (AvgIpc) is 2.71. The van der Waals surface area contributed by atoms with E-state index < -0.39 is 0 Å². The topological polar surface area (TPSA) is 25.2 Å². The van der Waals surface area contributed by atoms with E-state index in [1.54, 1.807) is 0 Å². The zero-order valence-corrected chi connectivity index (χ0v) is 7.93. The molecule has 0 aliphatic rings. The first-order valence-electron chi connectivity index (χ1n) is 4.73. The second kappa shape index (κ2) is 4.11. The molecule has 0 aliphatic carbocycles. The van der Waals surface area contributed by atoms with Crippen molar-refractivity contribution in [2.24, 2.45) is 0 Å². The number of rotatable bonds is 3. The monoisotopic (exact) mass is 187 g/mol. The van der Waals surface area contributed by atoms with Gasteiger partial charge in [-0.3, -0.25) is 0 Å². The normalized spacial score (nSPS) is 10.4. The van der Waals surface area contributed by atoms with Gasteiger partial charge in [0.25, 0.3) is 0 Å². The molecule has 72 valence electrons. The van der Waals surface area contributed by atoms with Crippen LogP contribution in [-0.4, -0.2) is 16.3 Å². The molecule has 0 unspecified atom stereocenters. The quantitative estimate of drug-likeness (QED) is 0.781. The van der Waals surface area contributed by atoms with Crippen LogP contribution >= 0.6 is 0 Å². The van der Waals surface area contributed by atoms with E-state index in [2.05, 4.69) is 16.7 Å². The Labute approximate surface area is 83.4 Å². The van der Waals surface area contributed by atoms with Gasteiger partial charge in [-0.05, 0) is 36.2 Å². The largest absolute Gasteiger partial charge is 0.396 e. The molecule has 2 aromatic rings. The van der Waals surface area contributed by atoms with Crippen molar-refractivity contribution in [3.63, 3.8) is 0 Å². The van der Waals surface area contributed by atoms with Crippen LogP contribution in [0.3, 0.4) is 0 Å². The molecule has 1 heterocycles. The SMILES string of the molecule is OCCc1cccc(-n2cccc2)c1. The van der Waals surface area contributed by atoms with Crippen LogP contribution in [0.15, 0.2) is 48.8 Å². The summed E-state index contributed by atoms with van der Waals surface area (Å²) in [6.45, 7) is 0.204. The van der Waals surface area contributed by atoms with Crippen molar-refractivity contribution in [3.05, 3.63) is 54.4 Å². The lowest BCUT2D eigenvalue weighted by Crippen LogP contribution is -1.94. The third-order valence-corrected chi connectivity index (χ3v) is 2.21. The van der Waals surface area contributed by atoms with Gasteiger partial charge in [-0.1, -0.05) is 12.1 Å². The van der Waals surface area contributed by atoms with Gasteiger partial charge in [0.15, 0.2) is 0 Å². The lowest BCUT2D eigenvalue weighted by atomic mass is 10.1. The summed E-state index contributed by atoms with van der Waals surface area (Å²) in [6.07, 6.45) is 4.74. The van der Waals surface area contributed by atoms with Crippen LogP contribution in [0.1, 0.15) is 5.56 Å². The second-order valence-corrected chi connectivity index (χ2v) is 3.23. The maximum Gasteiger partial charge on any atom is 0.0471 e. The van der Waals surface area contributed by atoms with Crippen molar-refractivity contribution < 1.29 is 5.11 Å². The van der Waals surface area contributed by atoms with Gasteiger partial charge in [0.1, 0.15) is 0 Å². The predicted octanol–water partition coefficient (Wildman–Crippen LogP) is 2.01. The van der Waals surface area contributed by atoms with E-state index in [9.17, 15) is 0 Å². The molecule has 0 fully saturated rings. The molecule has 0 bridgehead atoms. The minimum absolute atomic E-state index is 0.204. The Morgan fingerprint density at radius 2 is 1.86 bits per heavy atom. The van der Waals surface area contributed by atoms with Gasteiger partial charge in [-0.2, -0.15) is 0 Å². The van der Waals surface area contributed by atoms with Crippen LogP contribution in [0, 0.1) is 0 Å². The minimum atomic E-state index is 0.204. The molecule has 0 saturated carbocycles. The highest BCUT2D eigenvalue weighted by Gasteiger charge is 1.96. The van der Waals surface area contributed by atoms with Crippen molar-refractivity contribution in [1.82, 2.24) is 4.57 Å². The first-order valence-corrected chi connectivity index (χ1v) is 4.73. The summed E-state index contributed by atoms with van der Waals surface area (Å²) in [5.41, 5.74) is 2.31. The standard InChI is InChI=1S/C12H13NO/c14-9-6-11-4-3-5-12(10-11)13-7-1-2-8-13/h1-5,7-8,10,14H,6,9H2. The molecule has 1 aromatic carbocycles. The fraction of sp³-hybridized carbons (Fsp3) is 0.167. The zero-order valence-electron chi connectivity index (χ0n) is 7.93. The highest BCUT2D eigenvalue weighted by Crippen LogP contribution is 2.11. The van der Waals surface area contributed by atoms with Gasteiger partial charge in [-0.15, -0.1) is 0 Å². The smallest absolute Gasteiger partial charge is 0.0471 e. The maximum atomic E-state index is 8.83. The molecule has 0 aliphatic heterocycles. The molecule has 1 N–H and O–H groups in total. The predicted molar refractivity (Wildman–Crippen MR) is 56.6 cm³/mol. The first kappa shape index (κ1) is 9.03. The molecule has 2 nitrogen and oxygen atoms in total.